The summed E-state index contributed by atoms with van der Waals surface area (Å²) in [6, 6.07) is 8.52. The van der Waals surface area contributed by atoms with E-state index < -0.39 is 0 Å². The maximum atomic E-state index is 12.5. The molecule has 0 spiro atoms. The Balaban J connectivity index is 1.53. The largest absolute Gasteiger partial charge is 0.338 e. The van der Waals surface area contributed by atoms with Gasteiger partial charge in [0.15, 0.2) is 5.78 Å². The molecule has 1 aliphatic rings. The van der Waals surface area contributed by atoms with Gasteiger partial charge in [-0.3, -0.25) is 14.5 Å². The van der Waals surface area contributed by atoms with E-state index in [1.54, 1.807) is 42.7 Å². The van der Waals surface area contributed by atoms with Crippen molar-refractivity contribution in [3.8, 4) is 0 Å². The van der Waals surface area contributed by atoms with Crippen LogP contribution in [0.4, 0.5) is 11.6 Å². The van der Waals surface area contributed by atoms with Gasteiger partial charge in [-0.1, -0.05) is 0 Å². The summed E-state index contributed by atoms with van der Waals surface area (Å²) in [5, 5.41) is 2.92. The van der Waals surface area contributed by atoms with Gasteiger partial charge in [-0.25, -0.2) is 9.97 Å². The molecule has 1 aromatic carbocycles. The van der Waals surface area contributed by atoms with Crippen molar-refractivity contribution >= 4 is 23.3 Å². The van der Waals surface area contributed by atoms with Gasteiger partial charge in [0, 0.05) is 49.8 Å². The Morgan fingerprint density at radius 1 is 1.04 bits per heavy atom. The van der Waals surface area contributed by atoms with E-state index in [0.717, 1.165) is 32.1 Å². The van der Waals surface area contributed by atoms with Crippen LogP contribution < -0.4 is 10.2 Å². The molecule has 7 heteroatoms. The summed E-state index contributed by atoms with van der Waals surface area (Å²) in [5.41, 5.74) is 1.33. The zero-order valence-corrected chi connectivity index (χ0v) is 15.1. The Hall–Kier alpha value is -2.80. The van der Waals surface area contributed by atoms with Crippen LogP contribution in [-0.2, 0) is 4.79 Å². The molecule has 2 heterocycles. The number of hydrogen-bond acceptors (Lipinski definition) is 6. The van der Waals surface area contributed by atoms with Gasteiger partial charge >= 0.3 is 0 Å². The van der Waals surface area contributed by atoms with Gasteiger partial charge in [0.1, 0.15) is 0 Å². The second kappa shape index (κ2) is 8.05. The Kier molecular flexibility index (Phi) is 5.58. The van der Waals surface area contributed by atoms with Crippen LogP contribution in [0.2, 0.25) is 0 Å². The first-order valence-corrected chi connectivity index (χ1v) is 8.72. The molecule has 1 aromatic heterocycles. The molecule has 1 fully saturated rings. The molecule has 1 amide bonds. The van der Waals surface area contributed by atoms with E-state index in [1.807, 2.05) is 6.92 Å². The highest BCUT2D eigenvalue weighted by atomic mass is 16.2. The van der Waals surface area contributed by atoms with Crippen LogP contribution in [0.3, 0.4) is 0 Å². The third kappa shape index (κ3) is 4.23. The van der Waals surface area contributed by atoms with Crippen molar-refractivity contribution in [3.05, 3.63) is 48.3 Å². The summed E-state index contributed by atoms with van der Waals surface area (Å²) in [7, 11) is 0. The Morgan fingerprint density at radius 3 is 2.23 bits per heavy atom. The smallest absolute Gasteiger partial charge is 0.241 e. The van der Waals surface area contributed by atoms with E-state index in [2.05, 4.69) is 25.1 Å². The van der Waals surface area contributed by atoms with Crippen LogP contribution >= 0.6 is 0 Å². The number of ketones is 1. The standard InChI is InChI=1S/C19H23N5O2/c1-14(18(26)22-17-6-4-16(5-7-17)15(2)25)23-10-12-24(13-11-23)19-20-8-3-9-21-19/h3-9,14H,10-13H2,1-2H3,(H,22,26)/t14-/m1/s1. The van der Waals surface area contributed by atoms with Crippen molar-refractivity contribution in [2.24, 2.45) is 0 Å². The number of piperazine rings is 1. The predicted octanol–water partition coefficient (Wildman–Crippen LogP) is 1.83. The molecule has 0 bridgehead atoms. The summed E-state index contributed by atoms with van der Waals surface area (Å²) in [6.07, 6.45) is 3.48. The van der Waals surface area contributed by atoms with Crippen LogP contribution in [0.5, 0.6) is 0 Å². The zero-order chi connectivity index (χ0) is 18.5. The Morgan fingerprint density at radius 2 is 1.65 bits per heavy atom. The Bertz CT molecular complexity index is 755. The normalized spacial score (nSPS) is 16.2. The first kappa shape index (κ1) is 18.0. The number of aromatic nitrogens is 2. The Labute approximate surface area is 153 Å². The number of benzene rings is 1. The number of rotatable bonds is 5. The van der Waals surface area contributed by atoms with Crippen LogP contribution in [0.15, 0.2) is 42.7 Å². The fraction of sp³-hybridized carbons (Fsp3) is 0.368. The maximum absolute atomic E-state index is 12.5. The fourth-order valence-electron chi connectivity index (χ4n) is 2.96. The number of amides is 1. The van der Waals surface area contributed by atoms with E-state index in [1.165, 1.54) is 6.92 Å². The minimum absolute atomic E-state index is 0.0107. The van der Waals surface area contributed by atoms with Crippen LogP contribution in [0.25, 0.3) is 0 Å². The second-order valence-corrected chi connectivity index (χ2v) is 6.37. The highest BCUT2D eigenvalue weighted by molar-refractivity contribution is 5.97. The number of carbonyl (C=O) groups is 2. The van der Waals surface area contributed by atoms with Crippen molar-refractivity contribution in [1.29, 1.82) is 0 Å². The summed E-state index contributed by atoms with van der Waals surface area (Å²) in [6.45, 7) is 6.56. The van der Waals surface area contributed by atoms with Crippen molar-refractivity contribution in [2.75, 3.05) is 36.4 Å². The average molecular weight is 353 g/mol. The number of nitrogens with one attached hydrogen (secondary N) is 1. The fourth-order valence-corrected chi connectivity index (χ4v) is 2.96. The molecule has 1 N–H and O–H groups in total. The van der Waals surface area contributed by atoms with Gasteiger partial charge in [0.05, 0.1) is 6.04 Å². The summed E-state index contributed by atoms with van der Waals surface area (Å²) in [5.74, 6) is 0.691. The molecule has 0 aliphatic carbocycles. The molecule has 3 rings (SSSR count). The highest BCUT2D eigenvalue weighted by Gasteiger charge is 2.26. The van der Waals surface area contributed by atoms with E-state index in [9.17, 15) is 9.59 Å². The molecule has 7 nitrogen and oxygen atoms in total. The minimum atomic E-state index is -0.235. The molecule has 0 unspecified atom stereocenters. The molecule has 26 heavy (non-hydrogen) atoms. The molecule has 1 atom stereocenters. The van der Waals surface area contributed by atoms with Crippen LogP contribution in [-0.4, -0.2) is 58.8 Å². The molecule has 0 saturated carbocycles. The summed E-state index contributed by atoms with van der Waals surface area (Å²) in [4.78, 5) is 36.7. The number of hydrogen-bond donors (Lipinski definition) is 1. The van der Waals surface area contributed by atoms with Crippen molar-refractivity contribution in [2.45, 2.75) is 19.9 Å². The van der Waals surface area contributed by atoms with Crippen molar-refractivity contribution in [1.82, 2.24) is 14.9 Å². The molecule has 1 aliphatic heterocycles. The number of anilines is 2. The van der Waals surface area contributed by atoms with Crippen LogP contribution in [0.1, 0.15) is 24.2 Å². The van der Waals surface area contributed by atoms with E-state index >= 15 is 0 Å². The number of carbonyl (C=O) groups excluding carboxylic acids is 2. The molecular formula is C19H23N5O2. The second-order valence-electron chi connectivity index (χ2n) is 6.37. The monoisotopic (exact) mass is 353 g/mol. The maximum Gasteiger partial charge on any atom is 0.241 e. The molecule has 1 saturated heterocycles. The minimum Gasteiger partial charge on any atom is -0.338 e. The van der Waals surface area contributed by atoms with E-state index in [-0.39, 0.29) is 17.7 Å². The van der Waals surface area contributed by atoms with Gasteiger partial charge < -0.3 is 10.2 Å². The zero-order valence-electron chi connectivity index (χ0n) is 15.1. The summed E-state index contributed by atoms with van der Waals surface area (Å²) < 4.78 is 0. The molecule has 136 valence electrons. The van der Waals surface area contributed by atoms with Gasteiger partial charge in [-0.15, -0.1) is 0 Å². The van der Waals surface area contributed by atoms with Crippen molar-refractivity contribution < 1.29 is 9.59 Å². The van der Waals surface area contributed by atoms with Crippen LogP contribution in [0, 0.1) is 0 Å². The number of Topliss-reactive ketones (excluding diaryl/α,β-unsaturated/α-hetero) is 1. The van der Waals surface area contributed by atoms with Gasteiger partial charge in [0.2, 0.25) is 11.9 Å². The molecule has 2 aromatic rings. The average Bonchev–Trinajstić information content (AvgIpc) is 2.68. The van der Waals surface area contributed by atoms with E-state index in [4.69, 9.17) is 0 Å². The predicted molar refractivity (Wildman–Crippen MR) is 100 cm³/mol. The lowest BCUT2D eigenvalue weighted by atomic mass is 10.1. The van der Waals surface area contributed by atoms with Gasteiger partial charge in [-0.2, -0.15) is 0 Å². The molecular weight excluding hydrogens is 330 g/mol. The lowest BCUT2D eigenvalue weighted by Crippen LogP contribution is -2.53. The van der Waals surface area contributed by atoms with E-state index in [0.29, 0.717) is 11.3 Å². The first-order valence-electron chi connectivity index (χ1n) is 8.72. The topological polar surface area (TPSA) is 78.4 Å². The first-order chi connectivity index (χ1) is 12.5. The van der Waals surface area contributed by atoms with Crippen molar-refractivity contribution in [3.63, 3.8) is 0 Å². The SMILES string of the molecule is CC(=O)c1ccc(NC(=O)[C@@H](C)N2CCN(c3ncccn3)CC2)cc1. The lowest BCUT2D eigenvalue weighted by molar-refractivity contribution is -0.120. The van der Waals surface area contributed by atoms with Gasteiger partial charge in [0.25, 0.3) is 0 Å². The third-order valence-electron chi connectivity index (χ3n) is 4.64. The summed E-state index contributed by atoms with van der Waals surface area (Å²) >= 11 is 0. The van der Waals surface area contributed by atoms with Gasteiger partial charge in [-0.05, 0) is 44.2 Å². The molecule has 0 radical (unpaired) electrons. The highest BCUT2D eigenvalue weighted by Crippen LogP contribution is 2.14. The number of nitrogens with zero attached hydrogens (tertiary/aromatic N) is 4. The third-order valence-corrected chi connectivity index (χ3v) is 4.64. The quantitative estimate of drug-likeness (QED) is 0.826. The lowest BCUT2D eigenvalue weighted by Gasteiger charge is -2.37.